The fourth-order valence-electron chi connectivity index (χ4n) is 4.48. The van der Waals surface area contributed by atoms with Crippen molar-refractivity contribution in [3.05, 3.63) is 17.0 Å². The molecule has 160 valence electrons. The van der Waals surface area contributed by atoms with Gasteiger partial charge in [-0.05, 0) is 70.9 Å². The zero-order valence-corrected chi connectivity index (χ0v) is 19.2. The van der Waals surface area contributed by atoms with Gasteiger partial charge in [0.25, 0.3) is 0 Å². The number of nitrogens with zero attached hydrogens (tertiary/aromatic N) is 4. The van der Waals surface area contributed by atoms with Crippen molar-refractivity contribution in [3.8, 4) is 0 Å². The Hall–Kier alpha value is -1.56. The van der Waals surface area contributed by atoms with E-state index in [9.17, 15) is 0 Å². The van der Waals surface area contributed by atoms with Crippen LogP contribution in [-0.4, -0.2) is 59.4 Å². The van der Waals surface area contributed by atoms with E-state index in [2.05, 4.69) is 62.2 Å². The Bertz CT molecular complexity index is 625. The predicted molar refractivity (Wildman–Crippen MR) is 119 cm³/mol. The average molecular weight is 391 g/mol. The minimum atomic E-state index is 0.309. The maximum atomic E-state index is 4.81. The minimum absolute atomic E-state index is 0.309. The molecule has 1 aromatic heterocycles. The number of rotatable bonds is 8. The van der Waals surface area contributed by atoms with Gasteiger partial charge in [0.05, 0.1) is 5.69 Å². The van der Waals surface area contributed by atoms with Gasteiger partial charge in [0.15, 0.2) is 5.96 Å². The van der Waals surface area contributed by atoms with Crippen LogP contribution in [0.3, 0.4) is 0 Å². The fourth-order valence-corrected chi connectivity index (χ4v) is 4.48. The van der Waals surface area contributed by atoms with Crippen molar-refractivity contribution in [1.29, 1.82) is 0 Å². The molecule has 0 saturated carbocycles. The van der Waals surface area contributed by atoms with Gasteiger partial charge in [-0.1, -0.05) is 13.8 Å². The second-order valence-corrected chi connectivity index (χ2v) is 8.84. The van der Waals surface area contributed by atoms with Gasteiger partial charge in [0.2, 0.25) is 0 Å². The average Bonchev–Trinajstić information content (AvgIpc) is 2.84. The minimum Gasteiger partial charge on any atom is -0.357 e. The number of piperidine rings is 1. The molecule has 6 nitrogen and oxygen atoms in total. The van der Waals surface area contributed by atoms with Crippen LogP contribution in [0.15, 0.2) is 4.99 Å². The molecule has 3 unspecified atom stereocenters. The lowest BCUT2D eigenvalue weighted by atomic mass is 9.92. The number of hydrogen-bond acceptors (Lipinski definition) is 3. The molecule has 1 aliphatic heterocycles. The Morgan fingerprint density at radius 1 is 1.25 bits per heavy atom. The Morgan fingerprint density at radius 3 is 2.50 bits per heavy atom. The van der Waals surface area contributed by atoms with Gasteiger partial charge < -0.3 is 15.5 Å². The van der Waals surface area contributed by atoms with E-state index in [4.69, 9.17) is 4.99 Å². The van der Waals surface area contributed by atoms with E-state index in [1.165, 1.54) is 30.8 Å². The molecule has 0 aromatic carbocycles. The highest BCUT2D eigenvalue weighted by atomic mass is 15.3. The molecule has 28 heavy (non-hydrogen) atoms. The fraction of sp³-hybridized carbons (Fsp3) is 0.818. The first-order chi connectivity index (χ1) is 13.3. The quantitative estimate of drug-likeness (QED) is 0.407. The van der Waals surface area contributed by atoms with Crippen LogP contribution in [0.5, 0.6) is 0 Å². The number of nitrogens with one attached hydrogen (secondary N) is 2. The summed E-state index contributed by atoms with van der Waals surface area (Å²) >= 11 is 0. The third-order valence-electron chi connectivity index (χ3n) is 5.74. The van der Waals surface area contributed by atoms with E-state index in [-0.39, 0.29) is 0 Å². The molecule has 0 aliphatic carbocycles. The van der Waals surface area contributed by atoms with E-state index in [0.29, 0.717) is 6.04 Å². The Kier molecular flexibility index (Phi) is 8.80. The molecular formula is C22H42N6. The summed E-state index contributed by atoms with van der Waals surface area (Å²) in [5.74, 6) is 2.58. The second-order valence-electron chi connectivity index (χ2n) is 8.84. The zero-order chi connectivity index (χ0) is 20.7. The smallest absolute Gasteiger partial charge is 0.191 e. The van der Waals surface area contributed by atoms with Crippen LogP contribution < -0.4 is 10.6 Å². The summed E-state index contributed by atoms with van der Waals surface area (Å²) in [5.41, 5.74) is 3.71. The topological polar surface area (TPSA) is 57.5 Å². The van der Waals surface area contributed by atoms with Crippen molar-refractivity contribution in [2.45, 2.75) is 66.8 Å². The number of aliphatic imine (C=N–C) groups is 1. The number of guanidine groups is 1. The van der Waals surface area contributed by atoms with Crippen molar-refractivity contribution in [2.75, 3.05) is 32.7 Å². The first-order valence-electron chi connectivity index (χ1n) is 11.1. The van der Waals surface area contributed by atoms with Crippen LogP contribution in [0, 0.1) is 25.7 Å². The van der Waals surface area contributed by atoms with Gasteiger partial charge >= 0.3 is 0 Å². The van der Waals surface area contributed by atoms with E-state index in [1.54, 1.807) is 0 Å². The molecule has 1 saturated heterocycles. The molecule has 1 aromatic rings. The predicted octanol–water partition coefficient (Wildman–Crippen LogP) is 2.89. The Labute approximate surface area is 172 Å². The van der Waals surface area contributed by atoms with Gasteiger partial charge in [-0.15, -0.1) is 0 Å². The summed E-state index contributed by atoms with van der Waals surface area (Å²) in [6, 6.07) is 0.309. The van der Waals surface area contributed by atoms with Crippen LogP contribution in [0.1, 0.15) is 57.5 Å². The number of likely N-dealkylation sites (tertiary alicyclic amines) is 1. The SMILES string of the molecule is CCNC(=NCCCN1CC(C)CC(C)C1)NC(C)Cc1c(C)nn(C)c1C. The maximum absolute atomic E-state index is 4.81. The highest BCUT2D eigenvalue weighted by molar-refractivity contribution is 5.80. The van der Waals surface area contributed by atoms with Crippen LogP contribution in [0.25, 0.3) is 0 Å². The standard InChI is InChI=1S/C22H42N6/c1-8-23-22(24-10-9-11-28-14-16(2)12-17(3)15-28)25-18(4)13-21-19(5)26-27(7)20(21)6/h16-18H,8-15H2,1-7H3,(H2,23,24,25). The number of aromatic nitrogens is 2. The van der Waals surface area contributed by atoms with Gasteiger partial charge in [0, 0.05) is 45.0 Å². The van der Waals surface area contributed by atoms with Crippen molar-refractivity contribution in [2.24, 2.45) is 23.9 Å². The lowest BCUT2D eigenvalue weighted by Gasteiger charge is -2.34. The van der Waals surface area contributed by atoms with Crippen LogP contribution in [0.2, 0.25) is 0 Å². The van der Waals surface area contributed by atoms with E-state index < -0.39 is 0 Å². The molecule has 1 aliphatic rings. The molecular weight excluding hydrogens is 348 g/mol. The van der Waals surface area contributed by atoms with Crippen LogP contribution >= 0.6 is 0 Å². The van der Waals surface area contributed by atoms with Crippen LogP contribution in [0.4, 0.5) is 0 Å². The van der Waals surface area contributed by atoms with E-state index in [1.807, 2.05) is 11.7 Å². The van der Waals surface area contributed by atoms with Gasteiger partial charge in [-0.25, -0.2) is 0 Å². The highest BCUT2D eigenvalue weighted by Gasteiger charge is 2.21. The van der Waals surface area contributed by atoms with Crippen molar-refractivity contribution >= 4 is 5.96 Å². The molecule has 2 rings (SSSR count). The van der Waals surface area contributed by atoms with Crippen molar-refractivity contribution in [1.82, 2.24) is 25.3 Å². The van der Waals surface area contributed by atoms with Gasteiger partial charge in [-0.2, -0.15) is 5.10 Å². The summed E-state index contributed by atoms with van der Waals surface area (Å²) in [5, 5.41) is 11.5. The van der Waals surface area contributed by atoms with Gasteiger partial charge in [-0.3, -0.25) is 9.67 Å². The van der Waals surface area contributed by atoms with E-state index in [0.717, 1.165) is 56.0 Å². The Morgan fingerprint density at radius 2 is 1.93 bits per heavy atom. The molecule has 1 fully saturated rings. The van der Waals surface area contributed by atoms with E-state index >= 15 is 0 Å². The second kappa shape index (κ2) is 10.8. The van der Waals surface area contributed by atoms with Gasteiger partial charge in [0.1, 0.15) is 0 Å². The Balaban J connectivity index is 1.82. The molecule has 0 bridgehead atoms. The third kappa shape index (κ3) is 6.80. The highest BCUT2D eigenvalue weighted by Crippen LogP contribution is 2.20. The molecule has 0 amide bonds. The summed E-state index contributed by atoms with van der Waals surface area (Å²) in [6.07, 6.45) is 3.45. The summed E-state index contributed by atoms with van der Waals surface area (Å²) in [4.78, 5) is 7.43. The summed E-state index contributed by atoms with van der Waals surface area (Å²) in [7, 11) is 2.01. The first kappa shape index (κ1) is 22.7. The molecule has 3 atom stereocenters. The molecule has 0 spiro atoms. The number of hydrogen-bond donors (Lipinski definition) is 2. The number of aryl methyl sites for hydroxylation is 2. The molecule has 6 heteroatoms. The van der Waals surface area contributed by atoms with Crippen LogP contribution in [-0.2, 0) is 13.5 Å². The zero-order valence-electron chi connectivity index (χ0n) is 19.2. The van der Waals surface area contributed by atoms with Crippen molar-refractivity contribution < 1.29 is 0 Å². The van der Waals surface area contributed by atoms with Crippen molar-refractivity contribution in [3.63, 3.8) is 0 Å². The molecule has 2 N–H and O–H groups in total. The molecule has 0 radical (unpaired) electrons. The normalized spacial score (nSPS) is 22.3. The monoisotopic (exact) mass is 390 g/mol. The largest absolute Gasteiger partial charge is 0.357 e. The maximum Gasteiger partial charge on any atom is 0.191 e. The lowest BCUT2D eigenvalue weighted by molar-refractivity contribution is 0.140. The lowest BCUT2D eigenvalue weighted by Crippen LogP contribution is -2.43. The summed E-state index contributed by atoms with van der Waals surface area (Å²) < 4.78 is 1.97. The summed E-state index contributed by atoms with van der Waals surface area (Å²) in [6.45, 7) is 18.7. The first-order valence-corrected chi connectivity index (χ1v) is 11.1. The molecule has 2 heterocycles. The third-order valence-corrected chi connectivity index (χ3v) is 5.74.